The number of hydrogen-bond donors (Lipinski definition) is 2. The van der Waals surface area contributed by atoms with Gasteiger partial charge in [0.05, 0.1) is 35.5 Å². The molecule has 0 bridgehead atoms. The van der Waals surface area contributed by atoms with Crippen LogP contribution in [0.1, 0.15) is 17.5 Å². The SMILES string of the molecule is Cc1ccc(-c2ccc(C(F)(F)F)cc2NC(=O)Nc2cnc(Oc3ccc(-c4cnn5ccc(N6CCC6)nc45)cc3)nc2)cc1. The van der Waals surface area contributed by atoms with Gasteiger partial charge in [0.15, 0.2) is 5.65 Å². The van der Waals surface area contributed by atoms with Crippen molar-refractivity contribution in [3.63, 3.8) is 0 Å². The van der Waals surface area contributed by atoms with E-state index in [4.69, 9.17) is 9.72 Å². The van der Waals surface area contributed by atoms with Gasteiger partial charge in [0.25, 0.3) is 0 Å². The number of aromatic nitrogens is 5. The van der Waals surface area contributed by atoms with Crippen molar-refractivity contribution in [3.05, 3.63) is 109 Å². The number of rotatable bonds is 7. The lowest BCUT2D eigenvalue weighted by atomic mass is 10.00. The third-order valence-corrected chi connectivity index (χ3v) is 7.75. The Hall–Kier alpha value is -5.98. The van der Waals surface area contributed by atoms with Gasteiger partial charge in [0.1, 0.15) is 11.6 Å². The van der Waals surface area contributed by atoms with Gasteiger partial charge >= 0.3 is 18.2 Å². The lowest BCUT2D eigenvalue weighted by molar-refractivity contribution is -0.137. The highest BCUT2D eigenvalue weighted by Crippen LogP contribution is 2.36. The van der Waals surface area contributed by atoms with Gasteiger partial charge < -0.3 is 20.3 Å². The highest BCUT2D eigenvalue weighted by Gasteiger charge is 2.31. The molecule has 0 radical (unpaired) electrons. The molecule has 0 aliphatic carbocycles. The molecule has 2 amide bonds. The first-order valence-electron chi connectivity index (χ1n) is 14.8. The minimum Gasteiger partial charge on any atom is -0.424 e. The summed E-state index contributed by atoms with van der Waals surface area (Å²) in [4.78, 5) is 28.2. The summed E-state index contributed by atoms with van der Waals surface area (Å²) in [6.45, 7) is 3.91. The number of nitrogens with zero attached hydrogens (tertiary/aromatic N) is 6. The first-order chi connectivity index (χ1) is 22.7. The van der Waals surface area contributed by atoms with Gasteiger partial charge in [-0.15, -0.1) is 0 Å². The predicted molar refractivity (Wildman–Crippen MR) is 172 cm³/mol. The minimum atomic E-state index is -4.58. The molecular weight excluding hydrogens is 609 g/mol. The topological polar surface area (TPSA) is 110 Å². The van der Waals surface area contributed by atoms with Crippen LogP contribution in [0, 0.1) is 6.92 Å². The van der Waals surface area contributed by atoms with Crippen molar-refractivity contribution in [1.82, 2.24) is 24.6 Å². The van der Waals surface area contributed by atoms with Crippen molar-refractivity contribution in [3.8, 4) is 34.0 Å². The fourth-order valence-corrected chi connectivity index (χ4v) is 5.12. The van der Waals surface area contributed by atoms with Crippen molar-refractivity contribution in [2.24, 2.45) is 0 Å². The van der Waals surface area contributed by atoms with Crippen molar-refractivity contribution in [2.75, 3.05) is 28.6 Å². The van der Waals surface area contributed by atoms with E-state index in [1.165, 1.54) is 18.5 Å². The highest BCUT2D eigenvalue weighted by atomic mass is 19.4. The first kappa shape index (κ1) is 29.7. The average molecular weight is 637 g/mol. The smallest absolute Gasteiger partial charge is 0.416 e. The van der Waals surface area contributed by atoms with Crippen LogP contribution in [-0.2, 0) is 6.18 Å². The van der Waals surface area contributed by atoms with Crippen molar-refractivity contribution >= 4 is 28.9 Å². The zero-order chi connectivity index (χ0) is 32.5. The number of amides is 2. The molecule has 7 rings (SSSR count). The molecule has 0 spiro atoms. The third kappa shape index (κ3) is 6.41. The molecule has 0 saturated carbocycles. The number of alkyl halides is 3. The van der Waals surface area contributed by atoms with Crippen LogP contribution < -0.4 is 20.3 Å². The van der Waals surface area contributed by atoms with Crippen molar-refractivity contribution in [1.29, 1.82) is 0 Å². The second-order valence-electron chi connectivity index (χ2n) is 11.0. The van der Waals surface area contributed by atoms with E-state index in [0.29, 0.717) is 16.9 Å². The lowest BCUT2D eigenvalue weighted by Crippen LogP contribution is -2.37. The molecule has 4 heterocycles. The summed E-state index contributed by atoms with van der Waals surface area (Å²) in [7, 11) is 0. The maximum atomic E-state index is 13.5. The Bertz CT molecular complexity index is 2060. The van der Waals surface area contributed by atoms with Gasteiger partial charge in [0.2, 0.25) is 0 Å². The van der Waals surface area contributed by atoms with E-state index in [9.17, 15) is 18.0 Å². The number of ether oxygens (including phenoxy) is 1. The summed E-state index contributed by atoms with van der Waals surface area (Å²) in [5.41, 5.74) is 3.99. The first-order valence-corrected chi connectivity index (χ1v) is 14.8. The monoisotopic (exact) mass is 636 g/mol. The van der Waals surface area contributed by atoms with Gasteiger partial charge in [-0.25, -0.2) is 24.3 Å². The predicted octanol–water partition coefficient (Wildman–Crippen LogP) is 7.83. The molecule has 0 atom stereocenters. The molecule has 1 aliphatic rings. The summed E-state index contributed by atoms with van der Waals surface area (Å²) in [5, 5.41) is 9.51. The maximum Gasteiger partial charge on any atom is 0.416 e. The van der Waals surface area contributed by atoms with Gasteiger partial charge in [0, 0.05) is 30.4 Å². The van der Waals surface area contributed by atoms with E-state index in [2.05, 4.69) is 30.6 Å². The molecule has 6 aromatic rings. The molecule has 3 aromatic carbocycles. The summed E-state index contributed by atoms with van der Waals surface area (Å²) in [5.74, 6) is 1.42. The van der Waals surface area contributed by atoms with Crippen LogP contribution in [0.2, 0.25) is 0 Å². The van der Waals surface area contributed by atoms with Gasteiger partial charge in [-0.1, -0.05) is 48.0 Å². The molecule has 236 valence electrons. The van der Waals surface area contributed by atoms with Crippen molar-refractivity contribution in [2.45, 2.75) is 19.5 Å². The number of carbonyl (C=O) groups is 1. The minimum absolute atomic E-state index is 0.00183. The van der Waals surface area contributed by atoms with Crippen LogP contribution in [0.3, 0.4) is 0 Å². The van der Waals surface area contributed by atoms with Gasteiger partial charge in [-0.05, 0) is 54.8 Å². The van der Waals surface area contributed by atoms with Crippen LogP contribution in [0.15, 0.2) is 97.6 Å². The number of hydrogen-bond acceptors (Lipinski definition) is 7. The van der Waals surface area contributed by atoms with E-state index in [1.54, 1.807) is 35.0 Å². The summed E-state index contributed by atoms with van der Waals surface area (Å²) in [6.07, 6.45) is 2.95. The Kier molecular flexibility index (Phi) is 7.64. The zero-order valence-electron chi connectivity index (χ0n) is 25.0. The molecule has 47 heavy (non-hydrogen) atoms. The molecule has 2 N–H and O–H groups in total. The molecule has 10 nitrogen and oxygen atoms in total. The zero-order valence-corrected chi connectivity index (χ0v) is 25.0. The molecular formula is C34H27F3N8O2. The van der Waals surface area contributed by atoms with Crippen molar-refractivity contribution < 1.29 is 22.7 Å². The van der Waals surface area contributed by atoms with E-state index in [0.717, 1.165) is 59.8 Å². The number of benzene rings is 3. The number of halogens is 3. The van der Waals surface area contributed by atoms with Gasteiger partial charge in [-0.2, -0.15) is 18.3 Å². The molecule has 1 saturated heterocycles. The molecule has 1 fully saturated rings. The Morgan fingerprint density at radius 1 is 0.851 bits per heavy atom. The van der Waals surface area contributed by atoms with E-state index in [-0.39, 0.29) is 17.4 Å². The van der Waals surface area contributed by atoms with Crippen LogP contribution >= 0.6 is 0 Å². The number of nitrogens with one attached hydrogen (secondary N) is 2. The third-order valence-electron chi connectivity index (χ3n) is 7.75. The number of aryl methyl sites for hydroxylation is 1. The summed E-state index contributed by atoms with van der Waals surface area (Å²) < 4.78 is 47.9. The van der Waals surface area contributed by atoms with Gasteiger partial charge in [-0.3, -0.25) is 0 Å². The number of anilines is 3. The maximum absolute atomic E-state index is 13.5. The van der Waals surface area contributed by atoms with E-state index < -0.39 is 17.8 Å². The normalized spacial score (nSPS) is 12.9. The second-order valence-corrected chi connectivity index (χ2v) is 11.0. The van der Waals surface area contributed by atoms with E-state index >= 15 is 0 Å². The summed E-state index contributed by atoms with van der Waals surface area (Å²) in [6, 6.07) is 19.1. The average Bonchev–Trinajstić information content (AvgIpc) is 3.45. The Morgan fingerprint density at radius 3 is 2.23 bits per heavy atom. The lowest BCUT2D eigenvalue weighted by Gasteiger charge is -2.31. The Morgan fingerprint density at radius 2 is 1.55 bits per heavy atom. The summed E-state index contributed by atoms with van der Waals surface area (Å²) >= 11 is 0. The fraction of sp³-hybridized carbons (Fsp3) is 0.147. The number of fused-ring (bicyclic) bond motifs is 1. The van der Waals surface area contributed by atoms with Crippen LogP contribution in [0.25, 0.3) is 27.9 Å². The van der Waals surface area contributed by atoms with Crippen LogP contribution in [-0.4, -0.2) is 43.7 Å². The molecule has 13 heteroatoms. The molecule has 0 unspecified atom stereocenters. The fourth-order valence-electron chi connectivity index (χ4n) is 5.12. The van der Waals surface area contributed by atoms with E-state index in [1.807, 2.05) is 43.5 Å². The Balaban J connectivity index is 1.02. The quantitative estimate of drug-likeness (QED) is 0.184. The second kappa shape index (κ2) is 12.1. The molecule has 3 aromatic heterocycles. The number of urea groups is 1. The largest absolute Gasteiger partial charge is 0.424 e. The Labute approximate surface area is 266 Å². The standard InChI is InChI=1S/C34H27F3N8O2/c1-21-3-5-22(6-4-21)27-12-9-24(34(35,36)37)17-29(27)42-32(46)41-25-18-38-33(39-19-25)47-26-10-7-23(8-11-26)28-20-40-45-16-13-30(43-31(28)45)44-14-2-15-44/h3-13,16-20H,2,14-15H2,1H3,(H2,41,42,46). The number of carbonyl (C=O) groups excluding carboxylic acids is 1. The molecule has 1 aliphatic heterocycles. The highest BCUT2D eigenvalue weighted by molar-refractivity contribution is 6.02. The van der Waals surface area contributed by atoms with Crippen LogP contribution in [0.5, 0.6) is 11.8 Å². The van der Waals surface area contributed by atoms with Crippen LogP contribution in [0.4, 0.5) is 35.2 Å².